The minimum Gasteiger partial charge on any atom is -0.410 e. The summed E-state index contributed by atoms with van der Waals surface area (Å²) >= 11 is 6.28. The third kappa shape index (κ3) is 2.46. The molecule has 0 radical (unpaired) electrons. The van der Waals surface area contributed by atoms with Crippen LogP contribution in [0.1, 0.15) is 5.56 Å². The van der Waals surface area contributed by atoms with Crippen LogP contribution in [-0.4, -0.2) is 6.09 Å². The number of benzene rings is 2. The minimum atomic E-state index is -0.855. The third-order valence-corrected chi connectivity index (χ3v) is 3.06. The maximum absolute atomic E-state index is 10.9. The molecule has 2 rings (SSSR count). The van der Waals surface area contributed by atoms with Crippen LogP contribution >= 0.6 is 11.6 Å². The number of primary amides is 1. The summed E-state index contributed by atoms with van der Waals surface area (Å²) in [5, 5.41) is 0.556. The Hall–Kier alpha value is -2.00. The summed E-state index contributed by atoms with van der Waals surface area (Å²) in [5.74, 6) is 0.365. The van der Waals surface area contributed by atoms with Crippen LogP contribution in [0.2, 0.25) is 5.02 Å². The Morgan fingerprint density at radius 1 is 1.17 bits per heavy atom. The van der Waals surface area contributed by atoms with Gasteiger partial charge in [-0.25, -0.2) is 4.79 Å². The summed E-state index contributed by atoms with van der Waals surface area (Å²) in [6.45, 7) is 1.89. The van der Waals surface area contributed by atoms with Crippen LogP contribution in [0, 0.1) is 6.92 Å². The van der Waals surface area contributed by atoms with Crippen molar-refractivity contribution < 1.29 is 9.53 Å². The zero-order valence-electron chi connectivity index (χ0n) is 9.81. The van der Waals surface area contributed by atoms with Crippen molar-refractivity contribution in [2.24, 2.45) is 5.73 Å². The lowest BCUT2D eigenvalue weighted by atomic mass is 10.0. The van der Waals surface area contributed by atoms with Crippen molar-refractivity contribution in [3.63, 3.8) is 0 Å². The number of halogens is 1. The van der Waals surface area contributed by atoms with Gasteiger partial charge in [-0.3, -0.25) is 0 Å². The van der Waals surface area contributed by atoms with Crippen LogP contribution < -0.4 is 10.5 Å². The maximum atomic E-state index is 10.9. The molecule has 0 aromatic heterocycles. The largest absolute Gasteiger partial charge is 0.410 e. The summed E-state index contributed by atoms with van der Waals surface area (Å²) in [6.07, 6.45) is -0.855. The Labute approximate surface area is 110 Å². The molecule has 0 unspecified atom stereocenters. The van der Waals surface area contributed by atoms with Gasteiger partial charge in [-0.15, -0.1) is 0 Å². The fraction of sp³-hybridized carbons (Fsp3) is 0.0714. The van der Waals surface area contributed by atoms with E-state index in [2.05, 4.69) is 0 Å². The predicted molar refractivity (Wildman–Crippen MR) is 71.8 cm³/mol. The summed E-state index contributed by atoms with van der Waals surface area (Å²) in [4.78, 5) is 10.9. The first-order valence-corrected chi connectivity index (χ1v) is 5.79. The number of amides is 1. The maximum Gasteiger partial charge on any atom is 0.409 e. The van der Waals surface area contributed by atoms with Crippen molar-refractivity contribution in [1.29, 1.82) is 0 Å². The molecule has 2 N–H and O–H groups in total. The highest BCUT2D eigenvalue weighted by molar-refractivity contribution is 6.34. The molecule has 0 aliphatic rings. The standard InChI is InChI=1S/C14H12ClNO2/c1-9-7-8-11(18-14(16)17)12(13(9)15)10-5-3-2-4-6-10/h2-8H,1H3,(H2,16,17). The number of aryl methyl sites for hydroxylation is 1. The van der Waals surface area contributed by atoms with Crippen molar-refractivity contribution in [2.45, 2.75) is 6.92 Å². The molecule has 0 aliphatic carbocycles. The van der Waals surface area contributed by atoms with Crippen molar-refractivity contribution in [3.8, 4) is 16.9 Å². The number of carbonyl (C=O) groups excluding carboxylic acids is 1. The first-order valence-electron chi connectivity index (χ1n) is 5.41. The Morgan fingerprint density at radius 3 is 2.44 bits per heavy atom. The normalized spacial score (nSPS) is 10.1. The van der Waals surface area contributed by atoms with Crippen LogP contribution in [-0.2, 0) is 0 Å². The molecule has 0 atom stereocenters. The summed E-state index contributed by atoms with van der Waals surface area (Å²) in [6, 6.07) is 13.0. The predicted octanol–water partition coefficient (Wildman–Crippen LogP) is 3.77. The Morgan fingerprint density at radius 2 is 1.83 bits per heavy atom. The number of hydrogen-bond donors (Lipinski definition) is 1. The lowest BCUT2D eigenvalue weighted by Gasteiger charge is -2.12. The molecule has 1 amide bonds. The van der Waals surface area contributed by atoms with E-state index < -0.39 is 6.09 Å². The van der Waals surface area contributed by atoms with E-state index in [4.69, 9.17) is 22.1 Å². The molecule has 0 spiro atoms. The molecule has 0 heterocycles. The Balaban J connectivity index is 2.62. The third-order valence-electron chi connectivity index (χ3n) is 2.57. The number of hydrogen-bond acceptors (Lipinski definition) is 2. The molecular weight excluding hydrogens is 250 g/mol. The molecule has 18 heavy (non-hydrogen) atoms. The van der Waals surface area contributed by atoms with Crippen LogP contribution in [0.15, 0.2) is 42.5 Å². The molecule has 0 saturated carbocycles. The van der Waals surface area contributed by atoms with Gasteiger partial charge in [0.2, 0.25) is 0 Å². The zero-order valence-corrected chi connectivity index (χ0v) is 10.6. The SMILES string of the molecule is Cc1ccc(OC(N)=O)c(-c2ccccc2)c1Cl. The fourth-order valence-corrected chi connectivity index (χ4v) is 1.99. The molecule has 2 aromatic carbocycles. The first-order chi connectivity index (χ1) is 8.59. The van der Waals surface area contributed by atoms with Gasteiger partial charge < -0.3 is 10.5 Å². The highest BCUT2D eigenvalue weighted by Gasteiger charge is 2.14. The number of ether oxygens (including phenoxy) is 1. The summed E-state index contributed by atoms with van der Waals surface area (Å²) in [7, 11) is 0. The minimum absolute atomic E-state index is 0.365. The average molecular weight is 262 g/mol. The van der Waals surface area contributed by atoms with Gasteiger partial charge in [0.05, 0.1) is 5.02 Å². The van der Waals surface area contributed by atoms with Gasteiger partial charge in [-0.1, -0.05) is 48.0 Å². The zero-order chi connectivity index (χ0) is 13.1. The van der Waals surface area contributed by atoms with Crippen molar-refractivity contribution in [2.75, 3.05) is 0 Å². The molecular formula is C14H12ClNO2. The topological polar surface area (TPSA) is 52.3 Å². The van der Waals surface area contributed by atoms with E-state index in [-0.39, 0.29) is 0 Å². The monoisotopic (exact) mass is 261 g/mol. The summed E-state index contributed by atoms with van der Waals surface area (Å²) in [5.41, 5.74) is 7.52. The van der Waals surface area contributed by atoms with Gasteiger partial charge in [0.1, 0.15) is 5.75 Å². The fourth-order valence-electron chi connectivity index (χ4n) is 1.73. The van der Waals surface area contributed by atoms with Gasteiger partial charge in [-0.05, 0) is 24.1 Å². The van der Waals surface area contributed by atoms with E-state index in [9.17, 15) is 4.79 Å². The van der Waals surface area contributed by atoms with E-state index >= 15 is 0 Å². The number of rotatable bonds is 2. The Bertz CT molecular complexity index is 582. The van der Waals surface area contributed by atoms with E-state index in [0.29, 0.717) is 16.3 Å². The van der Waals surface area contributed by atoms with Gasteiger partial charge in [0, 0.05) is 5.56 Å². The average Bonchev–Trinajstić information content (AvgIpc) is 2.35. The van der Waals surface area contributed by atoms with Gasteiger partial charge in [0.15, 0.2) is 0 Å². The molecule has 0 saturated heterocycles. The lowest BCUT2D eigenvalue weighted by molar-refractivity contribution is 0.211. The molecule has 0 bridgehead atoms. The molecule has 0 aliphatic heterocycles. The second-order valence-corrected chi connectivity index (χ2v) is 4.23. The van der Waals surface area contributed by atoms with E-state index in [0.717, 1.165) is 11.1 Å². The second-order valence-electron chi connectivity index (χ2n) is 3.86. The van der Waals surface area contributed by atoms with Crippen LogP contribution in [0.3, 0.4) is 0 Å². The molecule has 3 nitrogen and oxygen atoms in total. The van der Waals surface area contributed by atoms with Gasteiger partial charge in [0.25, 0.3) is 0 Å². The number of nitrogens with two attached hydrogens (primary N) is 1. The quantitative estimate of drug-likeness (QED) is 0.895. The summed E-state index contributed by atoms with van der Waals surface area (Å²) < 4.78 is 4.99. The van der Waals surface area contributed by atoms with Crippen molar-refractivity contribution >= 4 is 17.7 Å². The highest BCUT2D eigenvalue weighted by atomic mass is 35.5. The second kappa shape index (κ2) is 5.10. The van der Waals surface area contributed by atoms with Crippen LogP contribution in [0.25, 0.3) is 11.1 Å². The molecule has 0 fully saturated rings. The van der Waals surface area contributed by atoms with E-state index in [1.54, 1.807) is 12.1 Å². The lowest BCUT2D eigenvalue weighted by Crippen LogP contribution is -2.16. The van der Waals surface area contributed by atoms with Crippen molar-refractivity contribution in [1.82, 2.24) is 0 Å². The Kier molecular flexibility index (Phi) is 3.53. The van der Waals surface area contributed by atoms with Crippen molar-refractivity contribution in [3.05, 3.63) is 53.1 Å². The highest BCUT2D eigenvalue weighted by Crippen LogP contribution is 2.38. The van der Waals surface area contributed by atoms with Crippen LogP contribution in [0.4, 0.5) is 4.79 Å². The smallest absolute Gasteiger partial charge is 0.409 e. The van der Waals surface area contributed by atoms with Gasteiger partial charge in [-0.2, -0.15) is 0 Å². The van der Waals surface area contributed by atoms with Crippen LogP contribution in [0.5, 0.6) is 5.75 Å². The molecule has 2 aromatic rings. The molecule has 92 valence electrons. The van der Waals surface area contributed by atoms with E-state index in [1.807, 2.05) is 37.3 Å². The van der Waals surface area contributed by atoms with Gasteiger partial charge >= 0.3 is 6.09 Å². The first kappa shape index (κ1) is 12.5. The molecule has 4 heteroatoms. The van der Waals surface area contributed by atoms with E-state index in [1.165, 1.54) is 0 Å². The number of carbonyl (C=O) groups is 1.